The van der Waals surface area contributed by atoms with Gasteiger partial charge in [-0.25, -0.2) is 22.9 Å². The fourth-order valence-corrected chi connectivity index (χ4v) is 3.10. The lowest BCUT2D eigenvalue weighted by atomic mass is 10.1. The molecular weight excluding hydrogens is 411 g/mol. The number of nitrogens with one attached hydrogen (secondary N) is 3. The monoisotopic (exact) mass is 427 g/mol. The first-order valence-electron chi connectivity index (χ1n) is 9.15. The van der Waals surface area contributed by atoms with Crippen molar-refractivity contribution in [3.8, 4) is 0 Å². The van der Waals surface area contributed by atoms with Crippen molar-refractivity contribution in [3.05, 3.63) is 77.2 Å². The van der Waals surface area contributed by atoms with E-state index in [4.69, 9.17) is 0 Å². The highest BCUT2D eigenvalue weighted by Crippen LogP contribution is 2.30. The lowest BCUT2D eigenvalue weighted by Crippen LogP contribution is -2.36. The number of carbonyl (C=O) groups excluding carboxylic acids is 2. The van der Waals surface area contributed by atoms with Gasteiger partial charge >= 0.3 is 6.03 Å². The number of hydrogen-bond donors (Lipinski definition) is 3. The first-order valence-corrected chi connectivity index (χ1v) is 9.15. The van der Waals surface area contributed by atoms with Gasteiger partial charge < -0.3 is 15.5 Å². The van der Waals surface area contributed by atoms with Gasteiger partial charge in [0.05, 0.1) is 17.8 Å². The third-order valence-electron chi connectivity index (χ3n) is 4.72. The Morgan fingerprint density at radius 3 is 2.68 bits per heavy atom. The smallest absolute Gasteiger partial charge is 0.323 e. The molecule has 31 heavy (non-hydrogen) atoms. The van der Waals surface area contributed by atoms with Crippen LogP contribution in [0.1, 0.15) is 15.9 Å². The maximum absolute atomic E-state index is 14.6. The minimum Gasteiger partial charge on any atom is -0.355 e. The largest absolute Gasteiger partial charge is 0.355 e. The molecule has 2 aromatic carbocycles. The molecule has 3 N–H and O–H groups in total. The molecule has 0 aliphatic carbocycles. The van der Waals surface area contributed by atoms with Crippen molar-refractivity contribution in [2.24, 2.45) is 0 Å². The van der Waals surface area contributed by atoms with Gasteiger partial charge in [0, 0.05) is 30.2 Å². The molecule has 0 fully saturated rings. The van der Waals surface area contributed by atoms with E-state index in [1.54, 1.807) is 13.1 Å². The molecule has 2 heterocycles. The second-order valence-corrected chi connectivity index (χ2v) is 6.85. The van der Waals surface area contributed by atoms with Crippen LogP contribution in [0.2, 0.25) is 0 Å². The Balaban J connectivity index is 1.54. The lowest BCUT2D eigenvalue weighted by molar-refractivity contribution is 0.102. The van der Waals surface area contributed by atoms with Gasteiger partial charge in [0.2, 0.25) is 0 Å². The Morgan fingerprint density at radius 1 is 1.10 bits per heavy atom. The number of urea groups is 1. The topological polar surface area (TPSA) is 86.4 Å². The molecule has 0 unspecified atom stereocenters. The van der Waals surface area contributed by atoms with Gasteiger partial charge in [0.15, 0.2) is 11.6 Å². The van der Waals surface area contributed by atoms with Gasteiger partial charge in [-0.05, 0) is 36.4 Å². The van der Waals surface area contributed by atoms with Gasteiger partial charge in [-0.3, -0.25) is 10.1 Å². The summed E-state index contributed by atoms with van der Waals surface area (Å²) in [7, 11) is 1.63. The third kappa shape index (κ3) is 4.00. The molecule has 0 bridgehead atoms. The molecule has 0 spiro atoms. The highest BCUT2D eigenvalue weighted by molar-refractivity contribution is 6.04. The molecular formula is C21H16F3N5O2. The summed E-state index contributed by atoms with van der Waals surface area (Å²) in [5.74, 6) is -3.81. The van der Waals surface area contributed by atoms with Crippen molar-refractivity contribution in [2.75, 3.05) is 23.0 Å². The zero-order valence-corrected chi connectivity index (χ0v) is 16.2. The van der Waals surface area contributed by atoms with Crippen LogP contribution in [0.15, 0.2) is 48.7 Å². The number of rotatable bonds is 4. The molecule has 10 heteroatoms. The Bertz CT molecular complexity index is 1200. The van der Waals surface area contributed by atoms with Crippen molar-refractivity contribution in [1.29, 1.82) is 0 Å². The Morgan fingerprint density at radius 2 is 1.90 bits per heavy atom. The SMILES string of the molecule is CN1Cc2c(Nc3ccc(NC(=O)c4cccc(F)c4F)c(F)c3)ccnc2NC1=O. The number of pyridine rings is 1. The number of amides is 3. The van der Waals surface area contributed by atoms with Gasteiger partial charge in [-0.1, -0.05) is 6.07 Å². The molecule has 0 radical (unpaired) electrons. The molecule has 1 aromatic heterocycles. The first-order chi connectivity index (χ1) is 14.8. The van der Waals surface area contributed by atoms with Crippen LogP contribution in [-0.2, 0) is 6.54 Å². The van der Waals surface area contributed by atoms with Crippen LogP contribution in [0.5, 0.6) is 0 Å². The van der Waals surface area contributed by atoms with Gasteiger partial charge in [0.25, 0.3) is 5.91 Å². The molecule has 158 valence electrons. The summed E-state index contributed by atoms with van der Waals surface area (Å²) in [6.45, 7) is 0.313. The standard InChI is InChI=1S/C21H16F3N5O2/c1-29-10-13-16(7-8-25-19(13)28-21(29)31)26-11-5-6-17(15(23)9-11)27-20(30)12-3-2-4-14(22)18(12)24/h2-9H,10H2,1H3,(H,27,30)(H2,25,26,28,31). The molecule has 4 rings (SSSR count). The van der Waals surface area contributed by atoms with Gasteiger partial charge in [-0.15, -0.1) is 0 Å². The Kier molecular flexibility index (Phi) is 5.20. The minimum absolute atomic E-state index is 0.192. The van der Waals surface area contributed by atoms with E-state index >= 15 is 0 Å². The highest BCUT2D eigenvalue weighted by Gasteiger charge is 2.23. The molecule has 1 aliphatic heterocycles. The zero-order valence-electron chi connectivity index (χ0n) is 16.2. The predicted octanol–water partition coefficient (Wildman–Crippen LogP) is 4.47. The minimum atomic E-state index is -1.31. The second-order valence-electron chi connectivity index (χ2n) is 6.85. The van der Waals surface area contributed by atoms with Crippen LogP contribution in [0.3, 0.4) is 0 Å². The summed E-state index contributed by atoms with van der Waals surface area (Å²) < 4.78 is 41.7. The van der Waals surface area contributed by atoms with E-state index in [2.05, 4.69) is 20.9 Å². The van der Waals surface area contributed by atoms with Crippen LogP contribution in [0.25, 0.3) is 0 Å². The van der Waals surface area contributed by atoms with Crippen molar-refractivity contribution in [3.63, 3.8) is 0 Å². The average molecular weight is 427 g/mol. The summed E-state index contributed by atoms with van der Waals surface area (Å²) >= 11 is 0. The summed E-state index contributed by atoms with van der Waals surface area (Å²) in [6, 6.07) is 8.54. The van der Waals surface area contributed by atoms with Gasteiger partial charge in [0.1, 0.15) is 11.6 Å². The van der Waals surface area contributed by atoms with Crippen LogP contribution in [0.4, 0.5) is 40.8 Å². The molecule has 7 nitrogen and oxygen atoms in total. The maximum atomic E-state index is 14.6. The van der Waals surface area contributed by atoms with Crippen LogP contribution in [0, 0.1) is 17.5 Å². The van der Waals surface area contributed by atoms with E-state index in [1.165, 1.54) is 29.3 Å². The van der Waals surface area contributed by atoms with E-state index in [9.17, 15) is 22.8 Å². The van der Waals surface area contributed by atoms with Crippen molar-refractivity contribution in [2.45, 2.75) is 6.54 Å². The summed E-state index contributed by atoms with van der Waals surface area (Å²) in [4.78, 5) is 29.6. The highest BCUT2D eigenvalue weighted by atomic mass is 19.2. The zero-order chi connectivity index (χ0) is 22.1. The number of fused-ring (bicyclic) bond motifs is 1. The number of benzene rings is 2. The normalized spacial score (nSPS) is 12.8. The first kappa shape index (κ1) is 20.2. The van der Waals surface area contributed by atoms with Gasteiger partial charge in [-0.2, -0.15) is 0 Å². The van der Waals surface area contributed by atoms with E-state index in [0.717, 1.165) is 23.8 Å². The quantitative estimate of drug-likeness (QED) is 0.573. The average Bonchev–Trinajstić information content (AvgIpc) is 2.73. The summed E-state index contributed by atoms with van der Waals surface area (Å²) in [5.41, 5.74) is 0.998. The Hall–Kier alpha value is -4.08. The van der Waals surface area contributed by atoms with Crippen LogP contribution in [-0.4, -0.2) is 28.9 Å². The number of nitrogens with zero attached hydrogens (tertiary/aromatic N) is 2. The van der Waals surface area contributed by atoms with Crippen molar-refractivity contribution < 1.29 is 22.8 Å². The molecule has 3 aromatic rings. The number of hydrogen-bond acceptors (Lipinski definition) is 4. The maximum Gasteiger partial charge on any atom is 0.323 e. The summed E-state index contributed by atoms with van der Waals surface area (Å²) in [5, 5.41) is 7.95. The predicted molar refractivity (Wildman–Crippen MR) is 109 cm³/mol. The Labute approximate surface area is 174 Å². The molecule has 1 aliphatic rings. The van der Waals surface area contributed by atoms with E-state index in [1.807, 2.05) is 0 Å². The van der Waals surface area contributed by atoms with E-state index in [0.29, 0.717) is 23.7 Å². The number of halogens is 3. The number of anilines is 4. The molecule has 0 atom stereocenters. The lowest BCUT2D eigenvalue weighted by Gasteiger charge is -2.27. The molecule has 3 amide bonds. The fraction of sp³-hybridized carbons (Fsp3) is 0.0952. The van der Waals surface area contributed by atoms with Crippen molar-refractivity contribution in [1.82, 2.24) is 9.88 Å². The number of carbonyl (C=O) groups is 2. The fourth-order valence-electron chi connectivity index (χ4n) is 3.10. The summed E-state index contributed by atoms with van der Waals surface area (Å²) in [6.07, 6.45) is 1.51. The molecule has 0 saturated carbocycles. The van der Waals surface area contributed by atoms with Crippen LogP contribution < -0.4 is 16.0 Å². The van der Waals surface area contributed by atoms with Crippen LogP contribution >= 0.6 is 0 Å². The molecule has 0 saturated heterocycles. The van der Waals surface area contributed by atoms with E-state index in [-0.39, 0.29) is 11.7 Å². The van der Waals surface area contributed by atoms with E-state index < -0.39 is 28.9 Å². The third-order valence-corrected chi connectivity index (χ3v) is 4.72. The van der Waals surface area contributed by atoms with Crippen molar-refractivity contribution >= 4 is 34.8 Å². The second kappa shape index (κ2) is 7.98. The number of aromatic nitrogens is 1.